The summed E-state index contributed by atoms with van der Waals surface area (Å²) < 4.78 is 65.3. The molecule has 0 amide bonds. The molecule has 0 aromatic carbocycles. The summed E-state index contributed by atoms with van der Waals surface area (Å²) in [6.07, 6.45) is -7.04. The largest absolute Gasteiger partial charge is 0.386 e. The number of halogens is 1. The van der Waals surface area contributed by atoms with Crippen LogP contribution in [-0.4, -0.2) is 115 Å². The lowest BCUT2D eigenvalue weighted by Gasteiger charge is -2.30. The molecule has 4 aliphatic heterocycles. The van der Waals surface area contributed by atoms with Crippen LogP contribution in [-0.2, 0) is 43.9 Å². The number of carbonyl (C=O) groups excluding carboxylic acids is 1. The Bertz CT molecular complexity index is 1820. The monoisotopic (exact) mass is 671 g/mol. The quantitative estimate of drug-likeness (QED) is 0.229. The molecule has 7 heterocycles. The van der Waals surface area contributed by atoms with Gasteiger partial charge in [0.15, 0.2) is 24.1 Å². The number of Topliss-reactive ketones (excluding diaryl/α,β-unsaturated/α-hetero) is 1. The highest BCUT2D eigenvalue weighted by Gasteiger charge is 2.53. The maximum atomic E-state index is 15.9. The molecular formula is C21H21BFN7O11P2S. The lowest BCUT2D eigenvalue weighted by atomic mass is 10.1. The van der Waals surface area contributed by atoms with E-state index >= 15 is 4.39 Å². The highest BCUT2D eigenvalue weighted by atomic mass is 32.5. The van der Waals surface area contributed by atoms with Gasteiger partial charge in [-0.2, -0.15) is 5.10 Å². The summed E-state index contributed by atoms with van der Waals surface area (Å²) in [5, 5.41) is 17.2. The Hall–Kier alpha value is -2.55. The van der Waals surface area contributed by atoms with E-state index in [1.54, 1.807) is 0 Å². The minimum atomic E-state index is -4.56. The summed E-state index contributed by atoms with van der Waals surface area (Å²) in [6, 6.07) is 0. The average Bonchev–Trinajstić information content (AvgIpc) is 3.73. The fraction of sp³-hybridized carbons (Fsp3) is 0.524. The number of nitrogens with one attached hydrogen (secondary N) is 1. The molecule has 3 aromatic rings. The Morgan fingerprint density at radius 2 is 1.80 bits per heavy atom. The molecule has 10 atom stereocenters. The number of hydrogen-bond donors (Lipinski definition) is 3. The predicted molar refractivity (Wildman–Crippen MR) is 147 cm³/mol. The molecule has 18 nitrogen and oxygen atoms in total. The smallest absolute Gasteiger partial charge is 0.325 e. The number of carbonyl (C=O) groups is 1. The molecule has 4 unspecified atom stereocenters. The van der Waals surface area contributed by atoms with E-state index in [4.69, 9.17) is 46.9 Å². The number of fused-ring (bicyclic) bond motifs is 4. The second-order valence-corrected chi connectivity index (χ2v) is 14.5. The van der Waals surface area contributed by atoms with Crippen LogP contribution in [0.5, 0.6) is 0 Å². The van der Waals surface area contributed by atoms with Crippen LogP contribution >= 0.6 is 14.2 Å². The number of aliphatic hydroxyl groups is 1. The first kappa shape index (κ1) is 30.1. The summed E-state index contributed by atoms with van der Waals surface area (Å²) >= 11 is 5.17. The highest BCUT2D eigenvalue weighted by Crippen LogP contribution is 2.54. The van der Waals surface area contributed by atoms with Crippen molar-refractivity contribution in [2.75, 3.05) is 19.8 Å². The second-order valence-electron chi connectivity index (χ2n) is 10.2. The van der Waals surface area contributed by atoms with E-state index in [9.17, 15) is 24.2 Å². The van der Waals surface area contributed by atoms with Crippen molar-refractivity contribution in [3.8, 4) is 0 Å². The lowest BCUT2D eigenvalue weighted by molar-refractivity contribution is -0.0576. The number of hydrogen-bond acceptors (Lipinski definition) is 15. The van der Waals surface area contributed by atoms with E-state index in [0.29, 0.717) is 0 Å². The van der Waals surface area contributed by atoms with Gasteiger partial charge >= 0.3 is 6.72 Å². The topological polar surface area (TPSA) is 224 Å². The minimum absolute atomic E-state index is 0.00929. The van der Waals surface area contributed by atoms with Gasteiger partial charge in [-0.05, 0) is 11.8 Å². The first-order chi connectivity index (χ1) is 20.9. The lowest BCUT2D eigenvalue weighted by Crippen LogP contribution is -2.38. The van der Waals surface area contributed by atoms with Gasteiger partial charge in [-0.1, -0.05) is 0 Å². The van der Waals surface area contributed by atoms with Gasteiger partial charge in [0.25, 0.3) is 13.0 Å². The number of imidazole rings is 2. The number of ether oxygens (including phenoxy) is 2. The molecule has 0 aliphatic carbocycles. The van der Waals surface area contributed by atoms with Gasteiger partial charge in [0.2, 0.25) is 13.3 Å². The average molecular weight is 671 g/mol. The van der Waals surface area contributed by atoms with Gasteiger partial charge in [0.1, 0.15) is 42.8 Å². The molecule has 0 saturated carbocycles. The van der Waals surface area contributed by atoms with Gasteiger partial charge < -0.3 is 33.0 Å². The number of aliphatic hydroxyl groups excluding tert-OH is 1. The number of ketones is 1. The fourth-order valence-corrected chi connectivity index (χ4v) is 7.86. The van der Waals surface area contributed by atoms with Gasteiger partial charge in [-0.3, -0.25) is 32.8 Å². The summed E-state index contributed by atoms with van der Waals surface area (Å²) in [4.78, 5) is 47.2. The molecule has 0 bridgehead atoms. The number of aromatic nitrogens is 6. The first-order valence-electron chi connectivity index (χ1n) is 12.9. The Morgan fingerprint density at radius 3 is 2.61 bits per heavy atom. The van der Waals surface area contributed by atoms with Crippen LogP contribution in [0.3, 0.4) is 0 Å². The van der Waals surface area contributed by atoms with Crippen LogP contribution in [0.2, 0.25) is 0 Å². The summed E-state index contributed by atoms with van der Waals surface area (Å²) in [5.74, 6) is -0.373. The number of alkyl halides is 1. The van der Waals surface area contributed by atoms with Crippen LogP contribution in [0, 0.1) is 0 Å². The molecule has 3 fully saturated rings. The van der Waals surface area contributed by atoms with Gasteiger partial charge in [0.05, 0.1) is 43.3 Å². The number of rotatable bonds is 2. The van der Waals surface area contributed by atoms with Crippen molar-refractivity contribution in [2.24, 2.45) is 4.99 Å². The zero-order valence-electron chi connectivity index (χ0n) is 22.1. The SMILES string of the molecule is [B]P1(=O)OC[C@H]2O[C@@H](n3cnc4c(=O)[nH]ncc43)C(O)[C@H]2OP(O)(=S)OC[C@H]2O[C@@H](n3cnc4c3C=NCC4=O)[C@@H](F)C2O1. The standard InChI is InChI=1S/C21H21BFN7O11P2S/c22-42(34)36-4-12-18(16(32)21(39-12)30-7-26-15-9(30)2-27-28-19(15)33)41-43(35,44)37-5-11-17(40-42)13(23)20(38-11)29-6-25-14-8(29)1-24-3-10(14)31/h1-2,6-7,11-13,16-18,20-21,32H,3-5H2,(H,28,33)(H,35,44)/t11-,12-,13+,16?,17?,18+,20-,21-,42?,43?/m1/s1. The van der Waals surface area contributed by atoms with Crippen LogP contribution in [0.15, 0.2) is 28.6 Å². The van der Waals surface area contributed by atoms with Crippen molar-refractivity contribution in [1.82, 2.24) is 29.3 Å². The summed E-state index contributed by atoms with van der Waals surface area (Å²) in [7, 11) is 1.28. The Kier molecular flexibility index (Phi) is 7.57. The van der Waals surface area contributed by atoms with Crippen LogP contribution < -0.4 is 5.56 Å². The van der Waals surface area contributed by atoms with Crippen LogP contribution in [0.25, 0.3) is 11.0 Å². The molecule has 44 heavy (non-hydrogen) atoms. The van der Waals surface area contributed by atoms with Gasteiger partial charge in [-0.15, -0.1) is 0 Å². The molecular weight excluding hydrogens is 650 g/mol. The Labute approximate surface area is 251 Å². The summed E-state index contributed by atoms with van der Waals surface area (Å²) in [5.41, 5.74) is -0.117. The molecule has 7 rings (SSSR count). The van der Waals surface area contributed by atoms with E-state index < -0.39 is 82.1 Å². The van der Waals surface area contributed by atoms with E-state index in [1.165, 1.54) is 34.2 Å². The van der Waals surface area contributed by atoms with E-state index in [-0.39, 0.29) is 34.7 Å². The van der Waals surface area contributed by atoms with Crippen molar-refractivity contribution < 1.29 is 51.3 Å². The normalized spacial score (nSPS) is 39.4. The van der Waals surface area contributed by atoms with Crippen molar-refractivity contribution in [2.45, 2.75) is 49.1 Å². The molecule has 23 heteroatoms. The predicted octanol–water partition coefficient (Wildman–Crippen LogP) is -0.564. The van der Waals surface area contributed by atoms with Crippen LogP contribution in [0.4, 0.5) is 4.39 Å². The molecule has 0 spiro atoms. The van der Waals surface area contributed by atoms with Crippen molar-refractivity contribution >= 4 is 56.6 Å². The molecule has 3 saturated heterocycles. The van der Waals surface area contributed by atoms with Gasteiger partial charge in [-0.25, -0.2) is 19.5 Å². The van der Waals surface area contributed by atoms with Crippen molar-refractivity contribution in [1.29, 1.82) is 0 Å². The Balaban J connectivity index is 1.16. The third-order valence-electron chi connectivity index (χ3n) is 7.41. The minimum Gasteiger partial charge on any atom is -0.386 e. The molecule has 4 aliphatic rings. The first-order valence-corrected chi connectivity index (χ1v) is 17.1. The zero-order chi connectivity index (χ0) is 31.0. The molecule has 232 valence electrons. The van der Waals surface area contributed by atoms with E-state index in [2.05, 4.69) is 25.2 Å². The number of aliphatic imine (C=N–C) groups is 1. The maximum absolute atomic E-state index is 15.9. The fourth-order valence-electron chi connectivity index (χ4n) is 5.41. The molecule has 3 N–H and O–H groups in total. The number of nitrogens with zero attached hydrogens (tertiary/aromatic N) is 6. The van der Waals surface area contributed by atoms with E-state index in [1.807, 2.05) is 0 Å². The third-order valence-corrected chi connectivity index (χ3v) is 10.0. The van der Waals surface area contributed by atoms with Crippen molar-refractivity contribution in [3.05, 3.63) is 40.6 Å². The Morgan fingerprint density at radius 1 is 1.07 bits per heavy atom. The third kappa shape index (κ3) is 5.25. The maximum Gasteiger partial charge on any atom is 0.325 e. The van der Waals surface area contributed by atoms with Crippen LogP contribution in [0.1, 0.15) is 28.6 Å². The van der Waals surface area contributed by atoms with E-state index in [0.717, 1.165) is 0 Å². The molecule has 2 radical (unpaired) electrons. The van der Waals surface area contributed by atoms with Gasteiger partial charge in [0, 0.05) is 6.21 Å². The number of H-pyrrole nitrogens is 1. The van der Waals surface area contributed by atoms with Crippen molar-refractivity contribution in [3.63, 3.8) is 0 Å². The summed E-state index contributed by atoms with van der Waals surface area (Å²) in [6.45, 7) is -5.59. The molecule has 3 aromatic heterocycles. The second kappa shape index (κ2) is 11.1. The zero-order valence-corrected chi connectivity index (χ0v) is 24.7. The highest BCUT2D eigenvalue weighted by molar-refractivity contribution is 8.07. The number of aromatic amines is 1.